The van der Waals surface area contributed by atoms with Crippen molar-refractivity contribution >= 4 is 15.5 Å². The number of sulfone groups is 1. The Labute approximate surface area is 116 Å². The van der Waals surface area contributed by atoms with E-state index in [2.05, 4.69) is 13.8 Å². The molecular weight excluding hydrogens is 258 g/mol. The van der Waals surface area contributed by atoms with Crippen molar-refractivity contribution < 1.29 is 8.42 Å². The lowest BCUT2D eigenvalue weighted by Gasteiger charge is -2.32. The second-order valence-electron chi connectivity index (χ2n) is 5.91. The van der Waals surface area contributed by atoms with Crippen LogP contribution in [0.2, 0.25) is 0 Å². The third-order valence-corrected chi connectivity index (χ3v) is 6.98. The van der Waals surface area contributed by atoms with Gasteiger partial charge in [-0.05, 0) is 55.7 Å². The molecule has 3 nitrogen and oxygen atoms in total. The van der Waals surface area contributed by atoms with Gasteiger partial charge >= 0.3 is 0 Å². The Bertz CT molecular complexity index is 566. The molecule has 0 amide bonds. The largest absolute Gasteiger partial charge is 0.398 e. The second-order valence-corrected chi connectivity index (χ2v) is 8.10. The molecule has 0 heterocycles. The summed E-state index contributed by atoms with van der Waals surface area (Å²) in [6.07, 6.45) is 2.52. The van der Waals surface area contributed by atoms with Gasteiger partial charge in [0.1, 0.15) is 0 Å². The lowest BCUT2D eigenvalue weighted by atomic mass is 9.81. The highest BCUT2D eigenvalue weighted by Crippen LogP contribution is 2.36. The Balaban J connectivity index is 2.35. The van der Waals surface area contributed by atoms with Crippen LogP contribution in [0, 0.1) is 18.8 Å². The molecule has 3 atom stereocenters. The van der Waals surface area contributed by atoms with Gasteiger partial charge in [0.25, 0.3) is 0 Å². The third-order valence-electron chi connectivity index (χ3n) is 4.62. The van der Waals surface area contributed by atoms with Crippen molar-refractivity contribution in [2.24, 2.45) is 11.8 Å². The summed E-state index contributed by atoms with van der Waals surface area (Å²) in [5, 5.41) is -0.251. The van der Waals surface area contributed by atoms with Gasteiger partial charge in [0, 0.05) is 5.69 Å². The van der Waals surface area contributed by atoms with E-state index in [0.717, 1.165) is 19.3 Å². The number of anilines is 1. The molecule has 2 N–H and O–H groups in total. The van der Waals surface area contributed by atoms with Crippen molar-refractivity contribution in [3.05, 3.63) is 23.8 Å². The summed E-state index contributed by atoms with van der Waals surface area (Å²) in [6.45, 7) is 6.15. The first-order valence-corrected chi connectivity index (χ1v) is 8.47. The van der Waals surface area contributed by atoms with E-state index in [4.69, 9.17) is 5.73 Å². The minimum absolute atomic E-state index is 0.251. The van der Waals surface area contributed by atoms with E-state index < -0.39 is 9.84 Å². The molecule has 19 heavy (non-hydrogen) atoms. The number of hydrogen-bond acceptors (Lipinski definition) is 3. The van der Waals surface area contributed by atoms with Gasteiger partial charge in [-0.3, -0.25) is 0 Å². The summed E-state index contributed by atoms with van der Waals surface area (Å²) in [7, 11) is -3.25. The van der Waals surface area contributed by atoms with Crippen LogP contribution in [0.15, 0.2) is 23.1 Å². The van der Waals surface area contributed by atoms with Crippen LogP contribution in [0.25, 0.3) is 0 Å². The molecule has 3 unspecified atom stereocenters. The minimum atomic E-state index is -3.25. The smallest absolute Gasteiger partial charge is 0.181 e. The van der Waals surface area contributed by atoms with E-state index in [1.165, 1.54) is 0 Å². The van der Waals surface area contributed by atoms with E-state index >= 15 is 0 Å². The zero-order valence-corrected chi connectivity index (χ0v) is 12.7. The van der Waals surface area contributed by atoms with Crippen LogP contribution in [0.4, 0.5) is 5.69 Å². The lowest BCUT2D eigenvalue weighted by molar-refractivity contribution is 0.278. The van der Waals surface area contributed by atoms with Gasteiger partial charge in [0.05, 0.1) is 10.1 Å². The summed E-state index contributed by atoms with van der Waals surface area (Å²) < 4.78 is 25.5. The monoisotopic (exact) mass is 281 g/mol. The van der Waals surface area contributed by atoms with Crippen LogP contribution in [0.1, 0.15) is 38.7 Å². The fraction of sp³-hybridized carbons (Fsp3) is 0.600. The van der Waals surface area contributed by atoms with E-state index in [0.29, 0.717) is 28.0 Å². The number of benzene rings is 1. The van der Waals surface area contributed by atoms with Crippen LogP contribution in [-0.2, 0) is 9.84 Å². The number of nitrogens with two attached hydrogens (primary N) is 1. The molecule has 106 valence electrons. The highest BCUT2D eigenvalue weighted by atomic mass is 32.2. The molecular formula is C15H23NO2S. The van der Waals surface area contributed by atoms with E-state index in [9.17, 15) is 8.42 Å². The Hall–Kier alpha value is -1.03. The van der Waals surface area contributed by atoms with Crippen molar-refractivity contribution in [1.82, 2.24) is 0 Å². The maximum atomic E-state index is 12.8. The maximum absolute atomic E-state index is 12.8. The average Bonchev–Trinajstić information content (AvgIpc) is 2.35. The first kappa shape index (κ1) is 14.4. The first-order chi connectivity index (χ1) is 8.84. The van der Waals surface area contributed by atoms with Gasteiger partial charge < -0.3 is 5.73 Å². The summed E-state index contributed by atoms with van der Waals surface area (Å²) in [4.78, 5) is 0.416. The molecule has 0 saturated heterocycles. The first-order valence-electron chi connectivity index (χ1n) is 6.93. The van der Waals surface area contributed by atoms with Gasteiger partial charge in [0.2, 0.25) is 0 Å². The Morgan fingerprint density at radius 2 is 1.84 bits per heavy atom. The Morgan fingerprint density at radius 3 is 2.47 bits per heavy atom. The molecule has 0 bridgehead atoms. The highest BCUT2D eigenvalue weighted by Gasteiger charge is 2.35. The summed E-state index contributed by atoms with van der Waals surface area (Å²) in [6, 6.07) is 5.16. The molecule has 1 aromatic carbocycles. The molecule has 0 aromatic heterocycles. The molecule has 1 aromatic rings. The average molecular weight is 281 g/mol. The molecule has 0 aliphatic heterocycles. The van der Waals surface area contributed by atoms with Crippen LogP contribution < -0.4 is 5.73 Å². The molecule has 1 aliphatic rings. The van der Waals surface area contributed by atoms with Crippen molar-refractivity contribution in [1.29, 1.82) is 0 Å². The standard InChI is InChI=1S/C15H23NO2S/c1-10-7-8-13(9-11(10)2)19(17,18)15-6-4-5-14(16)12(15)3/h4-6,10-11,13H,7-9,16H2,1-3H3. The van der Waals surface area contributed by atoms with Gasteiger partial charge in [-0.25, -0.2) is 8.42 Å². The normalized spacial score (nSPS) is 28.3. The SMILES string of the molecule is Cc1c(N)cccc1S(=O)(=O)C1CCC(C)C(C)C1. The summed E-state index contributed by atoms with van der Waals surface area (Å²) in [5.41, 5.74) is 7.07. The van der Waals surface area contributed by atoms with Gasteiger partial charge in [0.15, 0.2) is 9.84 Å². The van der Waals surface area contributed by atoms with Crippen LogP contribution >= 0.6 is 0 Å². The fourth-order valence-corrected chi connectivity index (χ4v) is 5.07. The maximum Gasteiger partial charge on any atom is 0.181 e. The lowest BCUT2D eigenvalue weighted by Crippen LogP contribution is -2.31. The molecule has 1 saturated carbocycles. The third kappa shape index (κ3) is 2.64. The van der Waals surface area contributed by atoms with Crippen molar-refractivity contribution in [3.8, 4) is 0 Å². The molecule has 1 aliphatic carbocycles. The molecule has 1 fully saturated rings. The number of nitrogen functional groups attached to an aromatic ring is 1. The van der Waals surface area contributed by atoms with Crippen LogP contribution in [0.5, 0.6) is 0 Å². The Morgan fingerprint density at radius 1 is 1.16 bits per heavy atom. The summed E-state index contributed by atoms with van der Waals surface area (Å²) in [5.74, 6) is 1.09. The minimum Gasteiger partial charge on any atom is -0.398 e. The molecule has 4 heteroatoms. The zero-order chi connectivity index (χ0) is 14.2. The Kier molecular flexibility index (Phi) is 3.90. The van der Waals surface area contributed by atoms with Gasteiger partial charge in [-0.1, -0.05) is 19.9 Å². The highest BCUT2D eigenvalue weighted by molar-refractivity contribution is 7.92. The predicted molar refractivity (Wildman–Crippen MR) is 78.7 cm³/mol. The second kappa shape index (κ2) is 5.16. The van der Waals surface area contributed by atoms with Gasteiger partial charge in [-0.2, -0.15) is 0 Å². The van der Waals surface area contributed by atoms with Gasteiger partial charge in [-0.15, -0.1) is 0 Å². The predicted octanol–water partition coefficient (Wildman–Crippen LogP) is 3.18. The van der Waals surface area contributed by atoms with E-state index in [-0.39, 0.29) is 5.25 Å². The molecule has 2 rings (SSSR count). The van der Waals surface area contributed by atoms with Crippen LogP contribution in [0.3, 0.4) is 0 Å². The summed E-state index contributed by atoms with van der Waals surface area (Å²) >= 11 is 0. The molecule has 0 spiro atoms. The van der Waals surface area contributed by atoms with E-state index in [1.54, 1.807) is 25.1 Å². The molecule has 0 radical (unpaired) electrons. The fourth-order valence-electron chi connectivity index (χ4n) is 2.90. The van der Waals surface area contributed by atoms with Crippen molar-refractivity contribution in [3.63, 3.8) is 0 Å². The van der Waals surface area contributed by atoms with E-state index in [1.807, 2.05) is 0 Å². The quantitative estimate of drug-likeness (QED) is 0.847. The van der Waals surface area contributed by atoms with Crippen molar-refractivity contribution in [2.45, 2.75) is 50.2 Å². The zero-order valence-electron chi connectivity index (χ0n) is 11.9. The number of rotatable bonds is 2. The topological polar surface area (TPSA) is 60.2 Å². The van der Waals surface area contributed by atoms with Crippen LogP contribution in [-0.4, -0.2) is 13.7 Å². The van der Waals surface area contributed by atoms with Crippen molar-refractivity contribution in [2.75, 3.05) is 5.73 Å². The number of hydrogen-bond donors (Lipinski definition) is 1.